The predicted molar refractivity (Wildman–Crippen MR) is 105 cm³/mol. The van der Waals surface area contributed by atoms with Crippen LogP contribution in [0.25, 0.3) is 0 Å². The zero-order chi connectivity index (χ0) is 18.5. The van der Waals surface area contributed by atoms with Crippen LogP contribution in [0.2, 0.25) is 0 Å². The van der Waals surface area contributed by atoms with Gasteiger partial charge in [-0.3, -0.25) is 4.90 Å². The molecule has 2 heterocycles. The first-order chi connectivity index (χ1) is 13.3. The van der Waals surface area contributed by atoms with Crippen LogP contribution in [0.3, 0.4) is 0 Å². The first kappa shape index (κ1) is 17.6. The van der Waals surface area contributed by atoms with Gasteiger partial charge in [0.25, 0.3) is 0 Å². The Kier molecular flexibility index (Phi) is 5.39. The van der Waals surface area contributed by atoms with Gasteiger partial charge in [0.05, 0.1) is 6.54 Å². The molecule has 5 heteroatoms. The monoisotopic (exact) mass is 363 g/mol. The average molecular weight is 363 g/mol. The Labute approximate surface area is 160 Å². The van der Waals surface area contributed by atoms with Crippen molar-refractivity contribution in [2.45, 2.75) is 26.1 Å². The molecule has 0 fully saturated rings. The first-order valence-electron chi connectivity index (χ1n) is 9.46. The van der Waals surface area contributed by atoms with Crippen LogP contribution in [0.4, 0.5) is 0 Å². The molecule has 4 rings (SSSR count). The Morgan fingerprint density at radius 1 is 1.07 bits per heavy atom. The van der Waals surface area contributed by atoms with E-state index in [0.717, 1.165) is 43.5 Å². The standard InChI is InChI=1S/C22H25N3O2/c1-2-24(15-19-17-26-20-10-6-7-11-21(20)27-19)16-22-23-12-13-25(22)14-18-8-4-3-5-9-18/h3-13,19H,2,14-17H2,1H3/t19-/m0/s1. The number of benzene rings is 2. The third-order valence-electron chi connectivity index (χ3n) is 4.84. The van der Waals surface area contributed by atoms with E-state index in [9.17, 15) is 0 Å². The quantitative estimate of drug-likeness (QED) is 0.643. The van der Waals surface area contributed by atoms with Crippen molar-refractivity contribution in [2.24, 2.45) is 0 Å². The van der Waals surface area contributed by atoms with E-state index >= 15 is 0 Å². The second-order valence-electron chi connectivity index (χ2n) is 6.78. The summed E-state index contributed by atoms with van der Waals surface area (Å²) in [6.45, 7) is 6.11. The van der Waals surface area contributed by atoms with Crippen LogP contribution in [-0.2, 0) is 13.1 Å². The molecule has 0 radical (unpaired) electrons. The molecular formula is C22H25N3O2. The van der Waals surface area contributed by atoms with E-state index in [0.29, 0.717) is 6.61 Å². The summed E-state index contributed by atoms with van der Waals surface area (Å²) >= 11 is 0. The predicted octanol–water partition coefficient (Wildman–Crippen LogP) is 3.59. The van der Waals surface area contributed by atoms with Crippen LogP contribution in [-0.4, -0.2) is 40.3 Å². The maximum absolute atomic E-state index is 6.12. The number of aromatic nitrogens is 2. The van der Waals surface area contributed by atoms with E-state index < -0.39 is 0 Å². The minimum absolute atomic E-state index is 0.0254. The number of nitrogens with zero attached hydrogens (tertiary/aromatic N) is 3. The van der Waals surface area contributed by atoms with Gasteiger partial charge in [-0.1, -0.05) is 49.4 Å². The van der Waals surface area contributed by atoms with Crippen LogP contribution >= 0.6 is 0 Å². The summed E-state index contributed by atoms with van der Waals surface area (Å²) in [5.41, 5.74) is 1.28. The molecule has 0 spiro atoms. The highest BCUT2D eigenvalue weighted by molar-refractivity contribution is 5.40. The largest absolute Gasteiger partial charge is 0.486 e. The van der Waals surface area contributed by atoms with E-state index in [2.05, 4.69) is 45.6 Å². The van der Waals surface area contributed by atoms with Gasteiger partial charge in [0.2, 0.25) is 0 Å². The Morgan fingerprint density at radius 2 is 1.85 bits per heavy atom. The molecule has 1 aliphatic rings. The van der Waals surface area contributed by atoms with Crippen molar-refractivity contribution in [2.75, 3.05) is 19.7 Å². The second kappa shape index (κ2) is 8.27. The molecule has 0 amide bonds. The number of rotatable bonds is 7. The SMILES string of the molecule is CCN(Cc1nccn1Cc1ccccc1)C[C@H]1COc2ccccc2O1. The van der Waals surface area contributed by atoms with Gasteiger partial charge in [-0.05, 0) is 24.2 Å². The fraction of sp³-hybridized carbons (Fsp3) is 0.318. The van der Waals surface area contributed by atoms with Gasteiger partial charge in [-0.25, -0.2) is 4.98 Å². The minimum Gasteiger partial charge on any atom is -0.486 e. The number of imidazole rings is 1. The van der Waals surface area contributed by atoms with E-state index in [4.69, 9.17) is 9.47 Å². The lowest BCUT2D eigenvalue weighted by Gasteiger charge is -2.30. The van der Waals surface area contributed by atoms with Gasteiger partial charge >= 0.3 is 0 Å². The Morgan fingerprint density at radius 3 is 2.67 bits per heavy atom. The first-order valence-corrected chi connectivity index (χ1v) is 9.46. The smallest absolute Gasteiger partial charge is 0.161 e. The van der Waals surface area contributed by atoms with Crippen molar-refractivity contribution >= 4 is 0 Å². The van der Waals surface area contributed by atoms with E-state index in [-0.39, 0.29) is 6.10 Å². The van der Waals surface area contributed by atoms with Crippen LogP contribution in [0, 0.1) is 0 Å². The molecular weight excluding hydrogens is 338 g/mol. The zero-order valence-corrected chi connectivity index (χ0v) is 15.6. The highest BCUT2D eigenvalue weighted by Crippen LogP contribution is 2.31. The third-order valence-corrected chi connectivity index (χ3v) is 4.84. The number of para-hydroxylation sites is 2. The van der Waals surface area contributed by atoms with E-state index in [1.807, 2.05) is 42.7 Å². The number of hydrogen-bond acceptors (Lipinski definition) is 4. The molecule has 140 valence electrons. The van der Waals surface area contributed by atoms with Crippen molar-refractivity contribution in [3.63, 3.8) is 0 Å². The van der Waals surface area contributed by atoms with Gasteiger partial charge in [-0.2, -0.15) is 0 Å². The van der Waals surface area contributed by atoms with Gasteiger partial charge < -0.3 is 14.0 Å². The van der Waals surface area contributed by atoms with Gasteiger partial charge in [0.15, 0.2) is 11.5 Å². The number of likely N-dealkylation sites (N-methyl/N-ethyl adjacent to an activating group) is 1. The Hall–Kier alpha value is -2.79. The highest BCUT2D eigenvalue weighted by atomic mass is 16.6. The van der Waals surface area contributed by atoms with Crippen molar-refractivity contribution in [3.8, 4) is 11.5 Å². The van der Waals surface area contributed by atoms with E-state index in [1.165, 1.54) is 5.56 Å². The molecule has 0 N–H and O–H groups in total. The summed E-state index contributed by atoms with van der Waals surface area (Å²) in [6, 6.07) is 18.3. The molecule has 0 bridgehead atoms. The molecule has 27 heavy (non-hydrogen) atoms. The van der Waals surface area contributed by atoms with Crippen LogP contribution in [0.1, 0.15) is 18.3 Å². The molecule has 0 unspecified atom stereocenters. The summed E-state index contributed by atoms with van der Waals surface area (Å²) in [4.78, 5) is 6.93. The number of fused-ring (bicyclic) bond motifs is 1. The van der Waals surface area contributed by atoms with Crippen molar-refractivity contribution in [1.29, 1.82) is 0 Å². The normalized spacial score (nSPS) is 15.9. The van der Waals surface area contributed by atoms with E-state index in [1.54, 1.807) is 0 Å². The zero-order valence-electron chi connectivity index (χ0n) is 15.6. The van der Waals surface area contributed by atoms with Gasteiger partial charge in [0.1, 0.15) is 18.5 Å². The maximum atomic E-state index is 6.12. The Balaban J connectivity index is 1.39. The number of ether oxygens (including phenoxy) is 2. The molecule has 2 aromatic carbocycles. The van der Waals surface area contributed by atoms with Crippen LogP contribution in [0.15, 0.2) is 67.0 Å². The molecule has 1 aromatic heterocycles. The summed E-state index contributed by atoms with van der Waals surface area (Å²) < 4.78 is 14.2. The highest BCUT2D eigenvalue weighted by Gasteiger charge is 2.23. The van der Waals surface area contributed by atoms with Crippen molar-refractivity contribution in [3.05, 3.63) is 78.4 Å². The summed E-state index contributed by atoms with van der Waals surface area (Å²) in [5.74, 6) is 2.73. The molecule has 1 atom stereocenters. The summed E-state index contributed by atoms with van der Waals surface area (Å²) in [5, 5.41) is 0. The van der Waals surface area contributed by atoms with Crippen LogP contribution < -0.4 is 9.47 Å². The topological polar surface area (TPSA) is 39.5 Å². The summed E-state index contributed by atoms with van der Waals surface area (Å²) in [6.07, 6.45) is 3.95. The van der Waals surface area contributed by atoms with Crippen molar-refractivity contribution < 1.29 is 9.47 Å². The molecule has 0 aliphatic carbocycles. The minimum atomic E-state index is 0.0254. The Bertz CT molecular complexity index is 863. The maximum Gasteiger partial charge on any atom is 0.161 e. The molecule has 0 saturated carbocycles. The fourth-order valence-electron chi connectivity index (χ4n) is 3.36. The van der Waals surface area contributed by atoms with Crippen molar-refractivity contribution in [1.82, 2.24) is 14.5 Å². The van der Waals surface area contributed by atoms with Crippen LogP contribution in [0.5, 0.6) is 11.5 Å². The number of hydrogen-bond donors (Lipinski definition) is 0. The summed E-state index contributed by atoms with van der Waals surface area (Å²) in [7, 11) is 0. The second-order valence-corrected chi connectivity index (χ2v) is 6.78. The molecule has 1 aliphatic heterocycles. The molecule has 3 aromatic rings. The molecule has 5 nitrogen and oxygen atoms in total. The third kappa shape index (κ3) is 4.31. The lowest BCUT2D eigenvalue weighted by molar-refractivity contribution is 0.0571. The fourth-order valence-corrected chi connectivity index (χ4v) is 3.36. The lowest BCUT2D eigenvalue weighted by atomic mass is 10.2. The van der Waals surface area contributed by atoms with Gasteiger partial charge in [-0.15, -0.1) is 0 Å². The lowest BCUT2D eigenvalue weighted by Crippen LogP contribution is -2.41. The molecule has 0 saturated heterocycles. The average Bonchev–Trinajstić information content (AvgIpc) is 3.14. The van der Waals surface area contributed by atoms with Gasteiger partial charge in [0, 0.05) is 25.5 Å².